The molecule has 1 N–H and O–H groups in total. The molecule has 102 valence electrons. The first-order chi connectivity index (χ1) is 9.63. The number of aryl methyl sites for hydroxylation is 1. The molecule has 0 spiro atoms. The second-order valence-electron chi connectivity index (χ2n) is 4.84. The minimum absolute atomic E-state index is 0.139. The van der Waals surface area contributed by atoms with Gasteiger partial charge in [-0.15, -0.1) is 0 Å². The highest BCUT2D eigenvalue weighted by atomic mass is 35.5. The zero-order valence-electron chi connectivity index (χ0n) is 11.1. The lowest BCUT2D eigenvalue weighted by atomic mass is 10.1. The van der Waals surface area contributed by atoms with Gasteiger partial charge in [-0.3, -0.25) is 4.79 Å². The topological polar surface area (TPSA) is 38.3 Å². The largest absolute Gasteiger partial charge is 0.493 e. The normalized spacial score (nSPS) is 12.7. The maximum absolute atomic E-state index is 12.2. The van der Waals surface area contributed by atoms with Crippen LogP contribution in [0.4, 0.5) is 5.69 Å². The van der Waals surface area contributed by atoms with Crippen molar-refractivity contribution in [1.29, 1.82) is 0 Å². The number of hydrogen-bond donors (Lipinski definition) is 1. The zero-order chi connectivity index (χ0) is 14.1. The van der Waals surface area contributed by atoms with Gasteiger partial charge in [-0.2, -0.15) is 0 Å². The third-order valence-corrected chi connectivity index (χ3v) is 3.79. The molecule has 2 aromatic carbocycles. The molecule has 4 heteroatoms. The van der Waals surface area contributed by atoms with Crippen LogP contribution in [0.3, 0.4) is 0 Å². The number of anilines is 1. The van der Waals surface area contributed by atoms with Gasteiger partial charge in [0.25, 0.3) is 5.91 Å². The van der Waals surface area contributed by atoms with Gasteiger partial charge in [-0.1, -0.05) is 17.7 Å². The first-order valence-electron chi connectivity index (χ1n) is 6.47. The van der Waals surface area contributed by atoms with Crippen molar-refractivity contribution in [2.24, 2.45) is 0 Å². The molecule has 0 aliphatic carbocycles. The summed E-state index contributed by atoms with van der Waals surface area (Å²) in [5, 5.41) is 3.50. The summed E-state index contributed by atoms with van der Waals surface area (Å²) >= 11 is 6.05. The van der Waals surface area contributed by atoms with Crippen molar-refractivity contribution >= 4 is 23.2 Å². The van der Waals surface area contributed by atoms with E-state index in [2.05, 4.69) is 5.32 Å². The molecule has 1 heterocycles. The van der Waals surface area contributed by atoms with Crippen molar-refractivity contribution in [3.63, 3.8) is 0 Å². The zero-order valence-corrected chi connectivity index (χ0v) is 11.8. The maximum atomic E-state index is 12.2. The van der Waals surface area contributed by atoms with Crippen LogP contribution in [0.2, 0.25) is 5.02 Å². The number of hydrogen-bond acceptors (Lipinski definition) is 2. The van der Waals surface area contributed by atoms with E-state index in [0.717, 1.165) is 23.3 Å². The lowest BCUT2D eigenvalue weighted by Crippen LogP contribution is -2.12. The number of amides is 1. The number of carbonyl (C=O) groups is 1. The summed E-state index contributed by atoms with van der Waals surface area (Å²) in [7, 11) is 0. The van der Waals surface area contributed by atoms with Gasteiger partial charge >= 0.3 is 0 Å². The minimum atomic E-state index is -0.139. The lowest BCUT2D eigenvalue weighted by molar-refractivity contribution is 0.102. The SMILES string of the molecule is Cc1ccc(NC(=O)c2ccc3c(c2)CCO3)cc1Cl. The van der Waals surface area contributed by atoms with Crippen molar-refractivity contribution < 1.29 is 9.53 Å². The standard InChI is InChI=1S/C16H14ClNO2/c1-10-2-4-13(9-14(10)17)18-16(19)12-3-5-15-11(8-12)6-7-20-15/h2-5,8-9H,6-7H2,1H3,(H,18,19). The van der Waals surface area contributed by atoms with Gasteiger partial charge in [0.05, 0.1) is 6.61 Å². The number of rotatable bonds is 2. The molecular weight excluding hydrogens is 274 g/mol. The van der Waals surface area contributed by atoms with Gasteiger partial charge in [0, 0.05) is 22.7 Å². The van der Waals surface area contributed by atoms with E-state index in [9.17, 15) is 4.79 Å². The maximum Gasteiger partial charge on any atom is 0.255 e. The highest BCUT2D eigenvalue weighted by Crippen LogP contribution is 2.26. The van der Waals surface area contributed by atoms with Crippen LogP contribution in [0.25, 0.3) is 0 Å². The molecule has 0 unspecified atom stereocenters. The van der Waals surface area contributed by atoms with Crippen LogP contribution in [0, 0.1) is 6.92 Å². The number of ether oxygens (including phenoxy) is 1. The van der Waals surface area contributed by atoms with E-state index in [1.165, 1.54) is 0 Å². The van der Waals surface area contributed by atoms with Crippen LogP contribution in [-0.2, 0) is 6.42 Å². The van der Waals surface area contributed by atoms with Crippen LogP contribution in [0.5, 0.6) is 5.75 Å². The van der Waals surface area contributed by atoms with E-state index in [0.29, 0.717) is 22.9 Å². The van der Waals surface area contributed by atoms with E-state index >= 15 is 0 Å². The Labute approximate surface area is 122 Å². The van der Waals surface area contributed by atoms with Crippen LogP contribution >= 0.6 is 11.6 Å². The highest BCUT2D eigenvalue weighted by molar-refractivity contribution is 6.31. The Hall–Kier alpha value is -2.00. The molecule has 0 aromatic heterocycles. The second kappa shape index (κ2) is 5.17. The average Bonchev–Trinajstić information content (AvgIpc) is 2.90. The summed E-state index contributed by atoms with van der Waals surface area (Å²) in [6, 6.07) is 11.0. The fraction of sp³-hybridized carbons (Fsp3) is 0.188. The Kier molecular flexibility index (Phi) is 3.36. The molecule has 1 aliphatic heterocycles. The lowest BCUT2D eigenvalue weighted by Gasteiger charge is -2.08. The molecular formula is C16H14ClNO2. The number of fused-ring (bicyclic) bond motifs is 1. The molecule has 0 saturated carbocycles. The van der Waals surface area contributed by atoms with Gasteiger partial charge in [0.15, 0.2) is 0 Å². The summed E-state index contributed by atoms with van der Waals surface area (Å²) in [4.78, 5) is 12.2. The molecule has 0 radical (unpaired) electrons. The van der Waals surface area contributed by atoms with Crippen LogP contribution in [-0.4, -0.2) is 12.5 Å². The Morgan fingerprint density at radius 1 is 1.25 bits per heavy atom. The molecule has 2 aromatic rings. The summed E-state index contributed by atoms with van der Waals surface area (Å²) in [6.07, 6.45) is 0.854. The Bertz CT molecular complexity index is 682. The summed E-state index contributed by atoms with van der Waals surface area (Å²) in [5.41, 5.74) is 3.40. The van der Waals surface area contributed by atoms with Gasteiger partial charge < -0.3 is 10.1 Å². The van der Waals surface area contributed by atoms with E-state index in [1.54, 1.807) is 12.1 Å². The van der Waals surface area contributed by atoms with Gasteiger partial charge in [-0.05, 0) is 48.4 Å². The fourth-order valence-corrected chi connectivity index (χ4v) is 2.38. The molecule has 1 amide bonds. The number of halogens is 1. The Balaban J connectivity index is 1.80. The molecule has 3 nitrogen and oxygen atoms in total. The third-order valence-electron chi connectivity index (χ3n) is 3.38. The van der Waals surface area contributed by atoms with Crippen LogP contribution in [0.15, 0.2) is 36.4 Å². The number of benzene rings is 2. The summed E-state index contributed by atoms with van der Waals surface area (Å²) in [6.45, 7) is 2.61. The molecule has 20 heavy (non-hydrogen) atoms. The van der Waals surface area contributed by atoms with Crippen molar-refractivity contribution in [3.8, 4) is 5.75 Å². The first kappa shape index (κ1) is 13.0. The summed E-state index contributed by atoms with van der Waals surface area (Å²) < 4.78 is 5.43. The minimum Gasteiger partial charge on any atom is -0.493 e. The van der Waals surface area contributed by atoms with E-state index in [1.807, 2.05) is 31.2 Å². The Morgan fingerprint density at radius 2 is 2.10 bits per heavy atom. The van der Waals surface area contributed by atoms with Crippen molar-refractivity contribution in [2.45, 2.75) is 13.3 Å². The van der Waals surface area contributed by atoms with Crippen molar-refractivity contribution in [2.75, 3.05) is 11.9 Å². The molecule has 0 saturated heterocycles. The predicted molar refractivity (Wildman–Crippen MR) is 79.8 cm³/mol. The predicted octanol–water partition coefficient (Wildman–Crippen LogP) is 3.84. The Morgan fingerprint density at radius 3 is 2.90 bits per heavy atom. The number of nitrogens with one attached hydrogen (secondary N) is 1. The molecule has 0 fully saturated rings. The van der Waals surface area contributed by atoms with Crippen molar-refractivity contribution in [1.82, 2.24) is 0 Å². The third kappa shape index (κ3) is 2.49. The van der Waals surface area contributed by atoms with Crippen LogP contribution < -0.4 is 10.1 Å². The van der Waals surface area contributed by atoms with E-state index in [-0.39, 0.29) is 5.91 Å². The molecule has 0 bridgehead atoms. The van der Waals surface area contributed by atoms with Gasteiger partial charge in [-0.25, -0.2) is 0 Å². The van der Waals surface area contributed by atoms with E-state index in [4.69, 9.17) is 16.3 Å². The van der Waals surface area contributed by atoms with Gasteiger partial charge in [0.1, 0.15) is 5.75 Å². The molecule has 3 rings (SSSR count). The smallest absolute Gasteiger partial charge is 0.255 e. The summed E-state index contributed by atoms with van der Waals surface area (Å²) in [5.74, 6) is 0.736. The molecule has 1 aliphatic rings. The van der Waals surface area contributed by atoms with E-state index < -0.39 is 0 Å². The second-order valence-corrected chi connectivity index (χ2v) is 5.25. The average molecular weight is 288 g/mol. The molecule has 0 atom stereocenters. The first-order valence-corrected chi connectivity index (χ1v) is 6.84. The monoisotopic (exact) mass is 287 g/mol. The van der Waals surface area contributed by atoms with Crippen molar-refractivity contribution in [3.05, 3.63) is 58.1 Å². The number of carbonyl (C=O) groups excluding carboxylic acids is 1. The fourth-order valence-electron chi connectivity index (χ4n) is 2.20. The van der Waals surface area contributed by atoms with Gasteiger partial charge in [0.2, 0.25) is 0 Å². The highest BCUT2D eigenvalue weighted by Gasteiger charge is 2.15. The quantitative estimate of drug-likeness (QED) is 0.911. The van der Waals surface area contributed by atoms with Crippen LogP contribution in [0.1, 0.15) is 21.5 Å².